The van der Waals surface area contributed by atoms with Gasteiger partial charge in [-0.2, -0.15) is 4.31 Å². The van der Waals surface area contributed by atoms with Gasteiger partial charge >= 0.3 is 0 Å². The standard InChI is InChI=1S/C15H17NO5S/c1-10-12-9-11(5-6-13(12)21-14(10)15(17)18)22(19,20)16-7-3-2-4-8-16/h5-6,9H,2-4,7-8H2,1H3,(H,17,18)/p-1. The Balaban J connectivity index is 2.08. The third kappa shape index (κ3) is 2.40. The van der Waals surface area contributed by atoms with Crippen molar-refractivity contribution in [3.05, 3.63) is 29.5 Å². The lowest BCUT2D eigenvalue weighted by Gasteiger charge is -2.25. The zero-order chi connectivity index (χ0) is 15.9. The average Bonchev–Trinajstić information content (AvgIpc) is 2.85. The van der Waals surface area contributed by atoms with Crippen molar-refractivity contribution in [1.29, 1.82) is 0 Å². The number of hydrogen-bond acceptors (Lipinski definition) is 5. The van der Waals surface area contributed by atoms with Gasteiger partial charge in [-0.05, 0) is 38.0 Å². The fraction of sp³-hybridized carbons (Fsp3) is 0.400. The Morgan fingerprint density at radius 2 is 1.91 bits per heavy atom. The molecule has 0 aliphatic carbocycles. The van der Waals surface area contributed by atoms with E-state index in [-0.39, 0.29) is 10.7 Å². The number of carboxylic acid groups (broad SMARTS) is 1. The van der Waals surface area contributed by atoms with Crippen LogP contribution in [-0.2, 0) is 10.0 Å². The summed E-state index contributed by atoms with van der Waals surface area (Å²) in [6.07, 6.45) is 2.77. The number of rotatable bonds is 3. The summed E-state index contributed by atoms with van der Waals surface area (Å²) < 4.78 is 32.0. The Labute approximate surface area is 128 Å². The number of fused-ring (bicyclic) bond motifs is 1. The van der Waals surface area contributed by atoms with Crippen LogP contribution in [0.25, 0.3) is 11.0 Å². The molecule has 1 aromatic carbocycles. The largest absolute Gasteiger partial charge is 0.542 e. The number of aryl methyl sites for hydroxylation is 1. The molecule has 1 aliphatic heterocycles. The van der Waals surface area contributed by atoms with Crippen molar-refractivity contribution in [2.45, 2.75) is 31.1 Å². The molecule has 2 aromatic rings. The van der Waals surface area contributed by atoms with E-state index >= 15 is 0 Å². The molecular weight excluding hydrogens is 306 g/mol. The number of hydrogen-bond donors (Lipinski definition) is 0. The topological polar surface area (TPSA) is 90.6 Å². The highest BCUT2D eigenvalue weighted by Gasteiger charge is 2.26. The van der Waals surface area contributed by atoms with Crippen LogP contribution in [0.5, 0.6) is 0 Å². The van der Waals surface area contributed by atoms with E-state index in [0.717, 1.165) is 19.3 Å². The normalized spacial score (nSPS) is 17.0. The molecule has 0 radical (unpaired) electrons. The summed E-state index contributed by atoms with van der Waals surface area (Å²) in [6.45, 7) is 2.62. The number of nitrogens with zero attached hydrogens (tertiary/aromatic N) is 1. The van der Waals surface area contributed by atoms with Gasteiger partial charge in [0.2, 0.25) is 10.0 Å². The van der Waals surface area contributed by atoms with E-state index in [1.165, 1.54) is 22.5 Å². The molecule has 1 aliphatic rings. The Bertz CT molecular complexity index is 831. The first-order chi connectivity index (χ1) is 10.4. The van der Waals surface area contributed by atoms with Gasteiger partial charge in [0, 0.05) is 24.0 Å². The third-order valence-corrected chi connectivity index (χ3v) is 5.94. The van der Waals surface area contributed by atoms with Crippen molar-refractivity contribution in [3.8, 4) is 0 Å². The highest BCUT2D eigenvalue weighted by atomic mass is 32.2. The molecular formula is C15H16NO5S-. The second-order valence-corrected chi connectivity index (χ2v) is 7.40. The van der Waals surface area contributed by atoms with Crippen LogP contribution >= 0.6 is 0 Å². The number of piperidine rings is 1. The van der Waals surface area contributed by atoms with Crippen molar-refractivity contribution >= 4 is 27.0 Å². The van der Waals surface area contributed by atoms with Gasteiger partial charge in [0.05, 0.1) is 4.90 Å². The summed E-state index contributed by atoms with van der Waals surface area (Å²) in [5, 5.41) is 11.5. The number of sulfonamides is 1. The van der Waals surface area contributed by atoms with Gasteiger partial charge in [-0.25, -0.2) is 8.42 Å². The Kier molecular flexibility index (Phi) is 3.70. The summed E-state index contributed by atoms with van der Waals surface area (Å²) in [6, 6.07) is 4.42. The Morgan fingerprint density at radius 1 is 1.23 bits per heavy atom. The van der Waals surface area contributed by atoms with E-state index in [1.54, 1.807) is 6.92 Å². The molecule has 0 amide bonds. The molecule has 0 bridgehead atoms. The SMILES string of the molecule is Cc1c(C(=O)[O-])oc2ccc(S(=O)(=O)N3CCCCC3)cc12. The van der Waals surface area contributed by atoms with Gasteiger partial charge < -0.3 is 14.3 Å². The van der Waals surface area contributed by atoms with Gasteiger partial charge in [-0.3, -0.25) is 0 Å². The second-order valence-electron chi connectivity index (χ2n) is 5.47. The molecule has 1 aromatic heterocycles. The zero-order valence-corrected chi connectivity index (χ0v) is 13.0. The smallest absolute Gasteiger partial charge is 0.243 e. The molecule has 3 rings (SSSR count). The van der Waals surface area contributed by atoms with Crippen LogP contribution in [0.4, 0.5) is 0 Å². The first kappa shape index (κ1) is 15.1. The lowest BCUT2D eigenvalue weighted by molar-refractivity contribution is -0.257. The molecule has 22 heavy (non-hydrogen) atoms. The minimum Gasteiger partial charge on any atom is -0.542 e. The first-order valence-electron chi connectivity index (χ1n) is 7.16. The highest BCUT2D eigenvalue weighted by Crippen LogP contribution is 2.29. The van der Waals surface area contributed by atoms with Crippen LogP contribution in [-0.4, -0.2) is 31.8 Å². The molecule has 1 saturated heterocycles. The predicted molar refractivity (Wildman–Crippen MR) is 77.9 cm³/mol. The van der Waals surface area contributed by atoms with Gasteiger partial charge in [-0.15, -0.1) is 0 Å². The van der Waals surface area contributed by atoms with Crippen molar-refractivity contribution in [3.63, 3.8) is 0 Å². The summed E-state index contributed by atoms with van der Waals surface area (Å²) in [4.78, 5) is 11.2. The van der Waals surface area contributed by atoms with E-state index < -0.39 is 16.0 Å². The molecule has 0 spiro atoms. The summed E-state index contributed by atoms with van der Waals surface area (Å²) in [5.41, 5.74) is 0.722. The zero-order valence-electron chi connectivity index (χ0n) is 12.2. The van der Waals surface area contributed by atoms with Crippen LogP contribution in [0.2, 0.25) is 0 Å². The van der Waals surface area contributed by atoms with Gasteiger partial charge in [-0.1, -0.05) is 6.42 Å². The maximum Gasteiger partial charge on any atom is 0.243 e. The number of carbonyl (C=O) groups excluding carboxylic acids is 1. The van der Waals surface area contributed by atoms with E-state index in [0.29, 0.717) is 29.6 Å². The van der Waals surface area contributed by atoms with Crippen molar-refractivity contribution < 1.29 is 22.7 Å². The average molecular weight is 322 g/mol. The summed E-state index contributed by atoms with van der Waals surface area (Å²) >= 11 is 0. The van der Waals surface area contributed by atoms with Crippen molar-refractivity contribution in [1.82, 2.24) is 4.31 Å². The van der Waals surface area contributed by atoms with E-state index in [4.69, 9.17) is 4.42 Å². The third-order valence-electron chi connectivity index (χ3n) is 4.05. The fourth-order valence-corrected chi connectivity index (χ4v) is 4.35. The number of carbonyl (C=O) groups is 1. The summed E-state index contributed by atoms with van der Waals surface area (Å²) in [5.74, 6) is -1.67. The minimum absolute atomic E-state index is 0.163. The van der Waals surface area contributed by atoms with Crippen LogP contribution in [0.1, 0.15) is 35.4 Å². The number of aromatic carboxylic acids is 1. The fourth-order valence-electron chi connectivity index (χ4n) is 2.81. The molecule has 0 atom stereocenters. The van der Waals surface area contributed by atoms with E-state index in [9.17, 15) is 18.3 Å². The predicted octanol–water partition coefficient (Wildman–Crippen LogP) is 1.28. The lowest BCUT2D eigenvalue weighted by Crippen LogP contribution is -2.35. The molecule has 0 unspecified atom stereocenters. The van der Waals surface area contributed by atoms with E-state index in [2.05, 4.69) is 0 Å². The van der Waals surface area contributed by atoms with Crippen molar-refractivity contribution in [2.75, 3.05) is 13.1 Å². The molecule has 7 heteroatoms. The lowest BCUT2D eigenvalue weighted by atomic mass is 10.1. The number of furan rings is 1. The molecule has 2 heterocycles. The van der Waals surface area contributed by atoms with Gasteiger partial charge in [0.1, 0.15) is 11.6 Å². The maximum atomic E-state index is 12.6. The maximum absolute atomic E-state index is 12.6. The Morgan fingerprint density at radius 3 is 2.55 bits per heavy atom. The molecule has 0 N–H and O–H groups in total. The second kappa shape index (κ2) is 5.40. The molecule has 1 fully saturated rings. The monoisotopic (exact) mass is 322 g/mol. The first-order valence-corrected chi connectivity index (χ1v) is 8.60. The van der Waals surface area contributed by atoms with Crippen LogP contribution in [0, 0.1) is 6.92 Å². The van der Waals surface area contributed by atoms with Gasteiger partial charge in [0.25, 0.3) is 0 Å². The minimum atomic E-state index is -3.55. The highest BCUT2D eigenvalue weighted by molar-refractivity contribution is 7.89. The van der Waals surface area contributed by atoms with Crippen LogP contribution in [0.15, 0.2) is 27.5 Å². The van der Waals surface area contributed by atoms with Crippen LogP contribution < -0.4 is 5.11 Å². The summed E-state index contributed by atoms with van der Waals surface area (Å²) in [7, 11) is -3.55. The number of benzene rings is 1. The molecule has 118 valence electrons. The molecule has 0 saturated carbocycles. The van der Waals surface area contributed by atoms with E-state index in [1.807, 2.05) is 0 Å². The van der Waals surface area contributed by atoms with Gasteiger partial charge in [0.15, 0.2) is 5.76 Å². The molecule has 6 nitrogen and oxygen atoms in total. The van der Waals surface area contributed by atoms with Crippen molar-refractivity contribution in [2.24, 2.45) is 0 Å². The quantitative estimate of drug-likeness (QED) is 0.849. The Hall–Kier alpha value is -1.86. The number of carboxylic acids is 1. The van der Waals surface area contributed by atoms with Crippen LogP contribution in [0.3, 0.4) is 0 Å².